The van der Waals surface area contributed by atoms with Gasteiger partial charge in [0.2, 0.25) is 0 Å². The van der Waals surface area contributed by atoms with Gasteiger partial charge >= 0.3 is 17.6 Å². The molecule has 0 aliphatic carbocycles. The van der Waals surface area contributed by atoms with Crippen molar-refractivity contribution in [1.82, 2.24) is 9.55 Å². The van der Waals surface area contributed by atoms with Gasteiger partial charge in [-0.05, 0) is 49.6 Å². The van der Waals surface area contributed by atoms with Crippen LogP contribution in [0.25, 0.3) is 10.4 Å². The first-order valence-corrected chi connectivity index (χ1v) is 13.3. The van der Waals surface area contributed by atoms with Crippen LogP contribution in [0.5, 0.6) is 0 Å². The molecule has 2 aromatic heterocycles. The number of esters is 2. The zero-order valence-electron chi connectivity index (χ0n) is 21.4. The van der Waals surface area contributed by atoms with Crippen molar-refractivity contribution in [3.8, 4) is 10.4 Å². The monoisotopic (exact) mass is 545 g/mol. The number of anilines is 1. The Morgan fingerprint density at radius 3 is 2.28 bits per heavy atom. The fraction of sp³-hybridized carbons (Fsp3) is 0.241. The fourth-order valence-corrected chi connectivity index (χ4v) is 5.03. The highest BCUT2D eigenvalue weighted by molar-refractivity contribution is 7.13. The largest absolute Gasteiger partial charge is 0.459 e. The Labute approximate surface area is 228 Å². The molecule has 0 unspecified atom stereocenters. The first-order chi connectivity index (χ1) is 18.8. The maximum atomic E-state index is 12.9. The third-order valence-corrected chi connectivity index (χ3v) is 7.37. The van der Waals surface area contributed by atoms with Crippen molar-refractivity contribution in [3.63, 3.8) is 0 Å². The molecule has 0 amide bonds. The average molecular weight is 546 g/mol. The van der Waals surface area contributed by atoms with Crippen LogP contribution in [-0.4, -0.2) is 40.3 Å². The number of nitrogen functional groups attached to an aromatic ring is 1. The van der Waals surface area contributed by atoms with Crippen molar-refractivity contribution >= 4 is 29.1 Å². The molecule has 1 aliphatic rings. The highest BCUT2D eigenvalue weighted by Gasteiger charge is 2.40. The van der Waals surface area contributed by atoms with E-state index in [1.165, 1.54) is 15.9 Å². The van der Waals surface area contributed by atoms with Crippen molar-refractivity contribution in [1.29, 1.82) is 0 Å². The van der Waals surface area contributed by atoms with Gasteiger partial charge < -0.3 is 19.9 Å². The Morgan fingerprint density at radius 1 is 1.03 bits per heavy atom. The predicted molar refractivity (Wildman–Crippen MR) is 147 cm³/mol. The van der Waals surface area contributed by atoms with Gasteiger partial charge in [0.15, 0.2) is 0 Å². The minimum Gasteiger partial charge on any atom is -0.459 e. The summed E-state index contributed by atoms with van der Waals surface area (Å²) in [5.74, 6) is -0.958. The van der Waals surface area contributed by atoms with Crippen LogP contribution in [0, 0.1) is 13.8 Å². The summed E-state index contributed by atoms with van der Waals surface area (Å²) >= 11 is 1.46. The lowest BCUT2D eigenvalue weighted by molar-refractivity contribution is -0.0581. The molecule has 4 aromatic rings. The minimum absolute atomic E-state index is 0.114. The number of hydrogen-bond acceptors (Lipinski definition) is 9. The normalized spacial score (nSPS) is 18.6. The van der Waals surface area contributed by atoms with Gasteiger partial charge in [-0.2, -0.15) is 4.98 Å². The quantitative estimate of drug-likeness (QED) is 0.336. The molecule has 10 heteroatoms. The Bertz CT molecular complexity index is 1530. The molecule has 0 bridgehead atoms. The highest BCUT2D eigenvalue weighted by atomic mass is 32.1. The lowest BCUT2D eigenvalue weighted by Crippen LogP contribution is -2.32. The van der Waals surface area contributed by atoms with Gasteiger partial charge in [-0.15, -0.1) is 11.3 Å². The van der Waals surface area contributed by atoms with Crippen molar-refractivity contribution < 1.29 is 23.8 Å². The second-order valence-electron chi connectivity index (χ2n) is 9.35. The molecule has 0 spiro atoms. The van der Waals surface area contributed by atoms with E-state index in [0.717, 1.165) is 16.0 Å². The number of hydrogen-bond donors (Lipinski definition) is 1. The number of carbonyl (C=O) groups excluding carboxylic acids is 2. The summed E-state index contributed by atoms with van der Waals surface area (Å²) < 4.78 is 18.8. The van der Waals surface area contributed by atoms with Crippen molar-refractivity contribution in [2.24, 2.45) is 0 Å². The molecule has 200 valence electrons. The van der Waals surface area contributed by atoms with E-state index in [2.05, 4.69) is 4.98 Å². The Balaban J connectivity index is 1.39. The number of aryl methyl sites for hydroxylation is 2. The van der Waals surface area contributed by atoms with Gasteiger partial charge in [0.25, 0.3) is 0 Å². The van der Waals surface area contributed by atoms with Crippen LogP contribution in [0.4, 0.5) is 5.82 Å². The van der Waals surface area contributed by atoms with Gasteiger partial charge in [-0.3, -0.25) is 4.57 Å². The molecule has 2 aromatic carbocycles. The SMILES string of the molecule is Cc1ccc(C(=O)OC[C@H]2O[C@@H](n3cc(-c4cccs4)c(N)nc3=O)C[C@@H]2OC(=O)c2ccc(C)cc2)cc1. The number of carbonyl (C=O) groups is 2. The summed E-state index contributed by atoms with van der Waals surface area (Å²) in [6, 6.07) is 17.7. The van der Waals surface area contributed by atoms with E-state index in [1.807, 2.05) is 55.6 Å². The zero-order valence-corrected chi connectivity index (χ0v) is 22.2. The van der Waals surface area contributed by atoms with Crippen molar-refractivity contribution in [3.05, 3.63) is 105 Å². The molecule has 2 N–H and O–H groups in total. The second-order valence-corrected chi connectivity index (χ2v) is 10.3. The number of nitrogens with two attached hydrogens (primary N) is 1. The number of benzene rings is 2. The van der Waals surface area contributed by atoms with Crippen LogP contribution >= 0.6 is 11.3 Å². The predicted octanol–water partition coefficient (Wildman–Crippen LogP) is 4.54. The summed E-state index contributed by atoms with van der Waals surface area (Å²) in [6.07, 6.45) is -0.665. The summed E-state index contributed by atoms with van der Waals surface area (Å²) in [7, 11) is 0. The number of aromatic nitrogens is 2. The smallest absolute Gasteiger partial charge is 0.351 e. The van der Waals surface area contributed by atoms with Gasteiger partial charge in [0, 0.05) is 17.5 Å². The first kappa shape index (κ1) is 26.3. The standard InChI is InChI=1S/C29H27N3O6S/c1-17-5-9-19(10-6-17)27(33)36-16-23-22(38-28(34)20-11-7-18(2)8-12-20)14-25(37-23)32-15-21(24-4-3-13-39-24)26(30)31-29(32)35/h3-13,15,22-23,25H,14,16H2,1-2H3,(H2,30,31,35)/t22-,23+,25+/m0/s1. The van der Waals surface area contributed by atoms with E-state index in [0.29, 0.717) is 16.7 Å². The topological polar surface area (TPSA) is 123 Å². The van der Waals surface area contributed by atoms with Crippen LogP contribution < -0.4 is 11.4 Å². The molecule has 1 saturated heterocycles. The minimum atomic E-state index is -0.816. The fourth-order valence-electron chi connectivity index (χ4n) is 4.28. The Hall–Kier alpha value is -4.28. The number of rotatable bonds is 7. The number of nitrogens with zero attached hydrogens (tertiary/aromatic N) is 2. The first-order valence-electron chi connectivity index (χ1n) is 12.4. The molecule has 3 atom stereocenters. The maximum Gasteiger partial charge on any atom is 0.351 e. The van der Waals surface area contributed by atoms with Crippen LogP contribution in [0.2, 0.25) is 0 Å². The third kappa shape index (κ3) is 5.92. The molecular formula is C29H27N3O6S. The van der Waals surface area contributed by atoms with Gasteiger partial charge in [-0.25, -0.2) is 14.4 Å². The molecule has 9 nitrogen and oxygen atoms in total. The number of ether oxygens (including phenoxy) is 3. The van der Waals surface area contributed by atoms with Crippen LogP contribution in [0.15, 0.2) is 77.0 Å². The summed E-state index contributed by atoms with van der Waals surface area (Å²) in [4.78, 5) is 43.2. The molecule has 5 rings (SSSR count). The molecule has 39 heavy (non-hydrogen) atoms. The molecule has 1 aliphatic heterocycles. The van der Waals surface area contributed by atoms with Gasteiger partial charge in [0.1, 0.15) is 30.9 Å². The molecule has 0 radical (unpaired) electrons. The van der Waals surface area contributed by atoms with E-state index in [-0.39, 0.29) is 18.8 Å². The second kappa shape index (κ2) is 11.2. The van der Waals surface area contributed by atoms with E-state index >= 15 is 0 Å². The number of thiophene rings is 1. The van der Waals surface area contributed by atoms with Gasteiger partial charge in [-0.1, -0.05) is 41.5 Å². The zero-order chi connectivity index (χ0) is 27.5. The molecular weight excluding hydrogens is 518 g/mol. The molecule has 0 saturated carbocycles. The van der Waals surface area contributed by atoms with Gasteiger partial charge in [0.05, 0.1) is 16.7 Å². The molecule has 1 fully saturated rings. The summed E-state index contributed by atoms with van der Waals surface area (Å²) in [6.45, 7) is 3.67. The lowest BCUT2D eigenvalue weighted by Gasteiger charge is -2.19. The van der Waals surface area contributed by atoms with Crippen molar-refractivity contribution in [2.75, 3.05) is 12.3 Å². The molecule has 3 heterocycles. The van der Waals surface area contributed by atoms with E-state index in [9.17, 15) is 14.4 Å². The highest BCUT2D eigenvalue weighted by Crippen LogP contribution is 2.34. The summed E-state index contributed by atoms with van der Waals surface area (Å²) in [5.41, 5.74) is 8.83. The third-order valence-electron chi connectivity index (χ3n) is 6.47. The maximum absolute atomic E-state index is 12.9. The van der Waals surface area contributed by atoms with E-state index in [4.69, 9.17) is 19.9 Å². The van der Waals surface area contributed by atoms with E-state index < -0.39 is 36.1 Å². The Kier molecular flexibility index (Phi) is 7.58. The summed E-state index contributed by atoms with van der Waals surface area (Å²) in [5, 5.41) is 1.90. The van der Waals surface area contributed by atoms with Crippen molar-refractivity contribution in [2.45, 2.75) is 38.7 Å². The van der Waals surface area contributed by atoms with Crippen LogP contribution in [0.3, 0.4) is 0 Å². The van der Waals surface area contributed by atoms with E-state index in [1.54, 1.807) is 30.5 Å². The lowest BCUT2D eigenvalue weighted by atomic mass is 10.1. The van der Waals surface area contributed by atoms with Crippen LogP contribution in [-0.2, 0) is 14.2 Å². The average Bonchev–Trinajstić information content (AvgIpc) is 3.59. The van der Waals surface area contributed by atoms with Crippen LogP contribution in [0.1, 0.15) is 44.5 Å². The Morgan fingerprint density at radius 2 is 1.67 bits per heavy atom.